The average Bonchev–Trinajstić information content (AvgIpc) is 2.75. The van der Waals surface area contributed by atoms with Crippen LogP contribution in [0.2, 0.25) is 0 Å². The zero-order valence-electron chi connectivity index (χ0n) is 20.3. The second-order valence-corrected chi connectivity index (χ2v) is 10.4. The van der Waals surface area contributed by atoms with Gasteiger partial charge in [0.15, 0.2) is 0 Å². The van der Waals surface area contributed by atoms with Crippen LogP contribution in [0.5, 0.6) is 0 Å². The van der Waals surface area contributed by atoms with Gasteiger partial charge < -0.3 is 10.2 Å². The van der Waals surface area contributed by atoms with Crippen LogP contribution in [0, 0.1) is 6.92 Å². The number of benzene rings is 2. The van der Waals surface area contributed by atoms with Crippen molar-refractivity contribution >= 4 is 27.5 Å². The number of para-hydroxylation sites is 1. The number of anilines is 1. The molecule has 0 saturated carbocycles. The van der Waals surface area contributed by atoms with Gasteiger partial charge in [0.2, 0.25) is 21.8 Å². The van der Waals surface area contributed by atoms with E-state index >= 15 is 0 Å². The Morgan fingerprint density at radius 1 is 0.970 bits per heavy atom. The summed E-state index contributed by atoms with van der Waals surface area (Å²) in [5.74, 6) is -0.729. The van der Waals surface area contributed by atoms with Crippen LogP contribution in [-0.2, 0) is 32.6 Å². The summed E-state index contributed by atoms with van der Waals surface area (Å²) >= 11 is 0. The van der Waals surface area contributed by atoms with Gasteiger partial charge in [-0.15, -0.1) is 0 Å². The number of carbonyl (C=O) groups excluding carboxylic acids is 2. The Balaban J connectivity index is 2.44. The van der Waals surface area contributed by atoms with Crippen molar-refractivity contribution in [3.8, 4) is 0 Å². The number of nitrogens with zero attached hydrogens (tertiary/aromatic N) is 2. The highest BCUT2D eigenvalue weighted by Crippen LogP contribution is 2.24. The fourth-order valence-corrected chi connectivity index (χ4v) is 4.49. The summed E-state index contributed by atoms with van der Waals surface area (Å²) in [5, 5.41) is 2.85. The number of hydrogen-bond donors (Lipinski definition) is 1. The fourth-order valence-electron chi connectivity index (χ4n) is 3.61. The van der Waals surface area contributed by atoms with Crippen molar-refractivity contribution < 1.29 is 18.0 Å². The minimum atomic E-state index is -3.74. The topological polar surface area (TPSA) is 86.8 Å². The molecule has 2 aromatic rings. The van der Waals surface area contributed by atoms with Crippen LogP contribution in [0.4, 0.5) is 5.69 Å². The Kier molecular flexibility index (Phi) is 9.05. The summed E-state index contributed by atoms with van der Waals surface area (Å²) in [6, 6.07) is 13.9. The van der Waals surface area contributed by atoms with E-state index in [0.717, 1.165) is 27.3 Å². The van der Waals surface area contributed by atoms with Crippen molar-refractivity contribution in [1.29, 1.82) is 0 Å². The van der Waals surface area contributed by atoms with Crippen molar-refractivity contribution in [3.63, 3.8) is 0 Å². The van der Waals surface area contributed by atoms with Crippen LogP contribution >= 0.6 is 0 Å². The van der Waals surface area contributed by atoms with E-state index in [2.05, 4.69) is 5.32 Å². The lowest BCUT2D eigenvalue weighted by molar-refractivity contribution is -0.139. The molecule has 0 heterocycles. The fraction of sp³-hybridized carbons (Fsp3) is 0.440. The molecule has 0 aliphatic rings. The summed E-state index contributed by atoms with van der Waals surface area (Å²) in [6.07, 6.45) is 1.71. The zero-order chi connectivity index (χ0) is 24.8. The van der Waals surface area contributed by atoms with Crippen LogP contribution in [-0.4, -0.2) is 50.0 Å². The third-order valence-corrected chi connectivity index (χ3v) is 6.65. The molecule has 8 heteroatoms. The normalized spacial score (nSPS) is 12.3. The molecule has 180 valence electrons. The second kappa shape index (κ2) is 11.3. The van der Waals surface area contributed by atoms with E-state index < -0.39 is 22.0 Å². The summed E-state index contributed by atoms with van der Waals surface area (Å²) in [4.78, 5) is 27.8. The molecular formula is C25H35N3O4S. The lowest BCUT2D eigenvalue weighted by Gasteiger charge is -2.32. The second-order valence-electron chi connectivity index (χ2n) is 8.54. The first kappa shape index (κ1) is 26.4. The summed E-state index contributed by atoms with van der Waals surface area (Å²) in [5.41, 5.74) is 3.19. The molecule has 0 spiro atoms. The number of sulfonamides is 1. The summed E-state index contributed by atoms with van der Waals surface area (Å²) < 4.78 is 26.5. The molecule has 0 saturated heterocycles. The lowest BCUT2D eigenvalue weighted by atomic mass is 10.1. The predicted molar refractivity (Wildman–Crippen MR) is 132 cm³/mol. The maximum atomic E-state index is 13.6. The van der Waals surface area contributed by atoms with Crippen LogP contribution in [0.15, 0.2) is 48.5 Å². The van der Waals surface area contributed by atoms with Gasteiger partial charge in [-0.1, -0.05) is 49.4 Å². The Hall–Kier alpha value is -2.87. The van der Waals surface area contributed by atoms with Crippen LogP contribution in [0.3, 0.4) is 0 Å². The van der Waals surface area contributed by atoms with Gasteiger partial charge >= 0.3 is 0 Å². The van der Waals surface area contributed by atoms with E-state index in [-0.39, 0.29) is 25.0 Å². The van der Waals surface area contributed by atoms with Gasteiger partial charge in [-0.3, -0.25) is 13.9 Å². The van der Waals surface area contributed by atoms with E-state index in [0.29, 0.717) is 12.1 Å². The van der Waals surface area contributed by atoms with Crippen molar-refractivity contribution in [1.82, 2.24) is 10.2 Å². The molecule has 0 aromatic heterocycles. The van der Waals surface area contributed by atoms with E-state index in [1.807, 2.05) is 64.1 Å². The first-order valence-corrected chi connectivity index (χ1v) is 13.0. The molecule has 1 unspecified atom stereocenters. The van der Waals surface area contributed by atoms with Crippen molar-refractivity contribution in [2.45, 2.75) is 59.7 Å². The number of carbonyl (C=O) groups is 2. The Morgan fingerprint density at radius 3 is 2.09 bits per heavy atom. The summed E-state index contributed by atoms with van der Waals surface area (Å²) in [6.45, 7) is 9.06. The maximum Gasteiger partial charge on any atom is 0.244 e. The summed E-state index contributed by atoms with van der Waals surface area (Å²) in [7, 11) is -3.74. The van der Waals surface area contributed by atoms with E-state index in [1.165, 1.54) is 4.90 Å². The number of rotatable bonds is 10. The largest absolute Gasteiger partial charge is 0.352 e. The Morgan fingerprint density at radius 2 is 1.55 bits per heavy atom. The highest BCUT2D eigenvalue weighted by molar-refractivity contribution is 7.92. The standard InChI is InChI=1S/C25H35N3O4S/c1-7-21-13-10-11-15-23(21)28(33(6,31)32)17-24(29)27(20(5)25(30)26-18(2)3)16-22-14-9-8-12-19(22)4/h8-15,18,20H,7,16-17H2,1-6H3,(H,26,30). The van der Waals surface area contributed by atoms with Crippen LogP contribution in [0.1, 0.15) is 44.4 Å². The Bertz CT molecular complexity index is 1080. The average molecular weight is 474 g/mol. The maximum absolute atomic E-state index is 13.6. The smallest absolute Gasteiger partial charge is 0.244 e. The highest BCUT2D eigenvalue weighted by atomic mass is 32.2. The molecule has 2 amide bonds. The number of aryl methyl sites for hydroxylation is 2. The molecule has 1 N–H and O–H groups in total. The van der Waals surface area contributed by atoms with Crippen molar-refractivity contribution in [2.24, 2.45) is 0 Å². The molecule has 0 bridgehead atoms. The van der Waals surface area contributed by atoms with Crippen molar-refractivity contribution in [3.05, 3.63) is 65.2 Å². The van der Waals surface area contributed by atoms with Gasteiger partial charge in [0.05, 0.1) is 11.9 Å². The van der Waals surface area contributed by atoms with Gasteiger partial charge in [0.25, 0.3) is 0 Å². The molecule has 1 atom stereocenters. The molecule has 33 heavy (non-hydrogen) atoms. The first-order valence-electron chi connectivity index (χ1n) is 11.2. The molecule has 0 aliphatic heterocycles. The minimum Gasteiger partial charge on any atom is -0.352 e. The molecule has 2 rings (SSSR count). The molecular weight excluding hydrogens is 438 g/mol. The van der Waals surface area contributed by atoms with Gasteiger partial charge in [-0.2, -0.15) is 0 Å². The van der Waals surface area contributed by atoms with Gasteiger partial charge in [0.1, 0.15) is 12.6 Å². The third kappa shape index (κ3) is 7.05. The number of amides is 2. The molecule has 0 fully saturated rings. The first-order chi connectivity index (χ1) is 15.5. The van der Waals surface area contributed by atoms with E-state index in [9.17, 15) is 18.0 Å². The molecule has 2 aromatic carbocycles. The molecule has 0 aliphatic carbocycles. The van der Waals surface area contributed by atoms with Crippen molar-refractivity contribution in [2.75, 3.05) is 17.1 Å². The molecule has 0 radical (unpaired) electrons. The van der Waals surface area contributed by atoms with E-state index in [4.69, 9.17) is 0 Å². The number of nitrogens with one attached hydrogen (secondary N) is 1. The van der Waals surface area contributed by atoms with Crippen LogP contribution in [0.25, 0.3) is 0 Å². The Labute approximate surface area is 197 Å². The highest BCUT2D eigenvalue weighted by Gasteiger charge is 2.31. The van der Waals surface area contributed by atoms with Gasteiger partial charge in [0, 0.05) is 12.6 Å². The lowest BCUT2D eigenvalue weighted by Crippen LogP contribution is -2.52. The number of hydrogen-bond acceptors (Lipinski definition) is 4. The van der Waals surface area contributed by atoms with Gasteiger partial charge in [-0.25, -0.2) is 8.42 Å². The minimum absolute atomic E-state index is 0.0840. The van der Waals surface area contributed by atoms with Crippen LogP contribution < -0.4 is 9.62 Å². The molecule has 7 nitrogen and oxygen atoms in total. The third-order valence-electron chi connectivity index (χ3n) is 5.52. The quantitative estimate of drug-likeness (QED) is 0.574. The van der Waals surface area contributed by atoms with Gasteiger partial charge in [-0.05, 0) is 56.9 Å². The monoisotopic (exact) mass is 473 g/mol. The SMILES string of the molecule is CCc1ccccc1N(CC(=O)N(Cc1ccccc1C)C(C)C(=O)NC(C)C)S(C)(=O)=O. The predicted octanol–water partition coefficient (Wildman–Crippen LogP) is 3.27. The van der Waals surface area contributed by atoms with E-state index in [1.54, 1.807) is 19.1 Å². The zero-order valence-corrected chi connectivity index (χ0v) is 21.1.